The highest BCUT2D eigenvalue weighted by Crippen LogP contribution is 2.31. The quantitative estimate of drug-likeness (QED) is 0.499. The minimum Gasteiger partial charge on any atom is -0.474 e. The number of anilines is 4. The number of fused-ring (bicyclic) bond motifs is 2. The second-order valence-corrected chi connectivity index (χ2v) is 8.45. The number of hydrogen-bond acceptors (Lipinski definition) is 8. The number of ether oxygens (including phenoxy) is 1. The van der Waals surface area contributed by atoms with Crippen molar-refractivity contribution in [1.29, 1.82) is 0 Å². The zero-order valence-corrected chi connectivity index (χ0v) is 18.5. The van der Waals surface area contributed by atoms with Crippen molar-refractivity contribution in [2.75, 3.05) is 61.9 Å². The standard InChI is InChI=1S/C24H26N8O/c1-30-9-11-31(12-10-30)19-4-2-18(3-5-19)28-22-23-26-6-8-32(23)16-21(29-22)17-14-20-24(27-15-17)33-13-7-25-20/h2-6,8,14-16,25H,7,9-13H2,1H3,(H,28,29). The lowest BCUT2D eigenvalue weighted by atomic mass is 10.2. The Kier molecular flexibility index (Phi) is 4.95. The van der Waals surface area contributed by atoms with Crippen molar-refractivity contribution >= 4 is 28.5 Å². The predicted molar refractivity (Wildman–Crippen MR) is 130 cm³/mol. The first-order chi connectivity index (χ1) is 16.2. The number of imidazole rings is 1. The number of aromatic nitrogens is 4. The monoisotopic (exact) mass is 442 g/mol. The van der Waals surface area contributed by atoms with Crippen LogP contribution in [0.4, 0.5) is 22.9 Å². The topological polar surface area (TPSA) is 82.8 Å². The van der Waals surface area contributed by atoms with Crippen LogP contribution in [0, 0.1) is 0 Å². The van der Waals surface area contributed by atoms with Crippen molar-refractivity contribution < 1.29 is 4.74 Å². The summed E-state index contributed by atoms with van der Waals surface area (Å²) in [7, 11) is 2.17. The maximum atomic E-state index is 5.61. The van der Waals surface area contributed by atoms with Crippen molar-refractivity contribution in [2.45, 2.75) is 0 Å². The van der Waals surface area contributed by atoms with E-state index in [-0.39, 0.29) is 0 Å². The van der Waals surface area contributed by atoms with Gasteiger partial charge in [-0.2, -0.15) is 0 Å². The van der Waals surface area contributed by atoms with E-state index in [9.17, 15) is 0 Å². The van der Waals surface area contributed by atoms with Gasteiger partial charge in [0.1, 0.15) is 6.61 Å². The van der Waals surface area contributed by atoms with Crippen LogP contribution in [0.25, 0.3) is 16.9 Å². The molecule has 3 aromatic heterocycles. The van der Waals surface area contributed by atoms with Gasteiger partial charge in [0, 0.05) is 74.4 Å². The first kappa shape index (κ1) is 19.8. The largest absolute Gasteiger partial charge is 0.474 e. The normalized spacial score (nSPS) is 16.2. The summed E-state index contributed by atoms with van der Waals surface area (Å²) in [5.74, 6) is 1.33. The fourth-order valence-electron chi connectivity index (χ4n) is 4.28. The van der Waals surface area contributed by atoms with Crippen LogP contribution in [0.2, 0.25) is 0 Å². The van der Waals surface area contributed by atoms with Crippen molar-refractivity contribution in [2.24, 2.45) is 0 Å². The third kappa shape index (κ3) is 3.91. The van der Waals surface area contributed by atoms with Crippen LogP contribution in [-0.4, -0.2) is 70.6 Å². The summed E-state index contributed by atoms with van der Waals surface area (Å²) in [6.45, 7) is 5.68. The van der Waals surface area contributed by atoms with E-state index >= 15 is 0 Å². The Morgan fingerprint density at radius 3 is 2.76 bits per heavy atom. The van der Waals surface area contributed by atoms with Gasteiger partial charge in [-0.25, -0.2) is 15.0 Å². The molecule has 5 heterocycles. The molecule has 1 saturated heterocycles. The van der Waals surface area contributed by atoms with E-state index in [4.69, 9.17) is 9.72 Å². The van der Waals surface area contributed by atoms with Gasteiger partial charge in [0.15, 0.2) is 11.5 Å². The van der Waals surface area contributed by atoms with Crippen molar-refractivity contribution in [3.63, 3.8) is 0 Å². The molecule has 0 unspecified atom stereocenters. The Bertz CT molecular complexity index is 1280. The lowest BCUT2D eigenvalue weighted by molar-refractivity contribution is 0.310. The molecule has 2 aliphatic rings. The van der Waals surface area contributed by atoms with E-state index in [0.717, 1.165) is 61.0 Å². The van der Waals surface area contributed by atoms with Gasteiger partial charge in [-0.3, -0.25) is 0 Å². The summed E-state index contributed by atoms with van der Waals surface area (Å²) >= 11 is 0. The Morgan fingerprint density at radius 1 is 1.06 bits per heavy atom. The van der Waals surface area contributed by atoms with Crippen LogP contribution in [0.5, 0.6) is 5.88 Å². The molecule has 1 fully saturated rings. The van der Waals surface area contributed by atoms with Crippen LogP contribution < -0.4 is 20.3 Å². The van der Waals surface area contributed by atoms with Gasteiger partial charge >= 0.3 is 0 Å². The molecule has 4 aromatic rings. The molecule has 2 aliphatic heterocycles. The first-order valence-corrected chi connectivity index (χ1v) is 11.2. The fraction of sp³-hybridized carbons (Fsp3) is 0.292. The highest BCUT2D eigenvalue weighted by Gasteiger charge is 2.16. The average molecular weight is 443 g/mol. The van der Waals surface area contributed by atoms with E-state index in [1.165, 1.54) is 5.69 Å². The third-order valence-corrected chi connectivity index (χ3v) is 6.18. The van der Waals surface area contributed by atoms with E-state index in [1.807, 2.05) is 22.9 Å². The third-order valence-electron chi connectivity index (χ3n) is 6.18. The van der Waals surface area contributed by atoms with Gasteiger partial charge in [0.25, 0.3) is 0 Å². The maximum Gasteiger partial charge on any atom is 0.237 e. The van der Waals surface area contributed by atoms with Crippen molar-refractivity contribution in [1.82, 2.24) is 24.3 Å². The van der Waals surface area contributed by atoms with Gasteiger partial charge in [-0.05, 0) is 37.4 Å². The zero-order valence-electron chi connectivity index (χ0n) is 18.5. The molecular weight excluding hydrogens is 416 g/mol. The summed E-state index contributed by atoms with van der Waals surface area (Å²) in [5.41, 5.74) is 5.60. The predicted octanol–water partition coefficient (Wildman–Crippen LogP) is 3.09. The highest BCUT2D eigenvalue weighted by atomic mass is 16.5. The van der Waals surface area contributed by atoms with Gasteiger partial charge < -0.3 is 29.6 Å². The maximum absolute atomic E-state index is 5.61. The van der Waals surface area contributed by atoms with Gasteiger partial charge in [0.05, 0.1) is 11.4 Å². The number of hydrogen-bond donors (Lipinski definition) is 2. The van der Waals surface area contributed by atoms with E-state index < -0.39 is 0 Å². The molecule has 33 heavy (non-hydrogen) atoms. The molecule has 9 heteroatoms. The Labute approximate surface area is 192 Å². The molecule has 1 aromatic carbocycles. The summed E-state index contributed by atoms with van der Waals surface area (Å²) < 4.78 is 7.58. The summed E-state index contributed by atoms with van der Waals surface area (Å²) in [6.07, 6.45) is 7.47. The van der Waals surface area contributed by atoms with Crippen LogP contribution >= 0.6 is 0 Å². The summed E-state index contributed by atoms with van der Waals surface area (Å²) in [4.78, 5) is 18.6. The molecule has 0 spiro atoms. The molecule has 0 aliphatic carbocycles. The molecule has 2 N–H and O–H groups in total. The number of pyridine rings is 1. The summed E-state index contributed by atoms with van der Waals surface area (Å²) in [6, 6.07) is 10.6. The highest BCUT2D eigenvalue weighted by molar-refractivity contribution is 5.75. The van der Waals surface area contributed by atoms with E-state index in [0.29, 0.717) is 18.3 Å². The molecule has 0 atom stereocenters. The Balaban J connectivity index is 1.29. The molecule has 6 rings (SSSR count). The molecular formula is C24H26N8O. The molecule has 9 nitrogen and oxygen atoms in total. The lowest BCUT2D eigenvalue weighted by Gasteiger charge is -2.34. The Morgan fingerprint density at radius 2 is 1.91 bits per heavy atom. The smallest absolute Gasteiger partial charge is 0.237 e. The minimum absolute atomic E-state index is 0.625. The molecule has 0 bridgehead atoms. The first-order valence-electron chi connectivity index (χ1n) is 11.2. The second-order valence-electron chi connectivity index (χ2n) is 8.45. The molecule has 0 radical (unpaired) electrons. The molecule has 0 amide bonds. The number of piperazine rings is 1. The summed E-state index contributed by atoms with van der Waals surface area (Å²) in [5, 5.41) is 6.80. The van der Waals surface area contributed by atoms with Crippen LogP contribution in [0.1, 0.15) is 0 Å². The van der Waals surface area contributed by atoms with E-state index in [1.54, 1.807) is 12.4 Å². The number of benzene rings is 1. The number of nitrogens with one attached hydrogen (secondary N) is 2. The fourth-order valence-corrected chi connectivity index (χ4v) is 4.28. The van der Waals surface area contributed by atoms with Crippen molar-refractivity contribution in [3.05, 3.63) is 55.1 Å². The lowest BCUT2D eigenvalue weighted by Crippen LogP contribution is -2.44. The molecule has 0 saturated carbocycles. The van der Waals surface area contributed by atoms with Crippen LogP contribution in [0.15, 0.2) is 55.1 Å². The second kappa shape index (κ2) is 8.25. The van der Waals surface area contributed by atoms with E-state index in [2.05, 4.69) is 61.7 Å². The number of nitrogens with zero attached hydrogens (tertiary/aromatic N) is 6. The van der Waals surface area contributed by atoms with Crippen molar-refractivity contribution in [3.8, 4) is 17.1 Å². The van der Waals surface area contributed by atoms with Crippen LogP contribution in [-0.2, 0) is 0 Å². The Hall–Kier alpha value is -3.85. The van der Waals surface area contributed by atoms with Crippen LogP contribution in [0.3, 0.4) is 0 Å². The zero-order chi connectivity index (χ0) is 22.2. The molecule has 168 valence electrons. The van der Waals surface area contributed by atoms with Gasteiger partial charge in [-0.15, -0.1) is 0 Å². The number of rotatable bonds is 4. The van der Waals surface area contributed by atoms with Gasteiger partial charge in [0.2, 0.25) is 5.88 Å². The minimum atomic E-state index is 0.625. The number of likely N-dealkylation sites (N-methyl/N-ethyl adjacent to an activating group) is 1. The van der Waals surface area contributed by atoms with Gasteiger partial charge in [-0.1, -0.05) is 0 Å². The SMILES string of the molecule is CN1CCN(c2ccc(Nc3nc(-c4cnc5c(c4)NCCO5)cn4ccnc34)cc2)CC1. The average Bonchev–Trinajstić information content (AvgIpc) is 3.34.